The first-order valence-corrected chi connectivity index (χ1v) is 13.3. The molecular weight excluding hydrogens is 551 g/mol. The van der Waals surface area contributed by atoms with Gasteiger partial charge < -0.3 is 20.1 Å². The zero-order valence-electron chi connectivity index (χ0n) is 21.6. The summed E-state index contributed by atoms with van der Waals surface area (Å²) in [6.07, 6.45) is -1.70. The van der Waals surface area contributed by atoms with Crippen LogP contribution in [-0.4, -0.2) is 59.1 Å². The number of aromatic nitrogens is 3. The lowest BCUT2D eigenvalue weighted by Crippen LogP contribution is -2.46. The van der Waals surface area contributed by atoms with Crippen LogP contribution in [-0.2, 0) is 28.7 Å². The molecule has 3 aromatic rings. The van der Waals surface area contributed by atoms with Crippen LogP contribution in [0.4, 0.5) is 30.4 Å². The number of rotatable bonds is 6. The third-order valence-electron chi connectivity index (χ3n) is 7.02. The molecule has 0 aliphatic carbocycles. The number of hydrogen-bond acceptors (Lipinski definition) is 7. The van der Waals surface area contributed by atoms with Gasteiger partial charge in [-0.2, -0.15) is 13.2 Å². The molecule has 10 nitrogen and oxygen atoms in total. The Labute approximate surface area is 232 Å². The number of amides is 2. The Bertz CT molecular complexity index is 1540. The largest absolute Gasteiger partial charge is 0.416 e. The molecule has 0 unspecified atom stereocenters. The lowest BCUT2D eigenvalue weighted by molar-refractivity contribution is -0.137. The van der Waals surface area contributed by atoms with Gasteiger partial charge in [0.25, 0.3) is 0 Å². The second kappa shape index (κ2) is 11.0. The highest BCUT2D eigenvalue weighted by atomic mass is 35.5. The maximum atomic E-state index is 13.9. The van der Waals surface area contributed by atoms with Crippen molar-refractivity contribution < 1.29 is 22.8 Å². The third kappa shape index (κ3) is 5.35. The second-order valence-corrected chi connectivity index (χ2v) is 10.00. The predicted molar refractivity (Wildman–Crippen MR) is 145 cm³/mol. The Kier molecular flexibility index (Phi) is 7.69. The number of anilines is 3. The molecule has 0 atom stereocenters. The number of nitrogens with zero attached hydrogens (tertiary/aromatic N) is 5. The van der Waals surface area contributed by atoms with Crippen LogP contribution in [0.5, 0.6) is 0 Å². The number of carbonyl (C=O) groups is 2. The zero-order valence-corrected chi connectivity index (χ0v) is 22.4. The molecule has 0 radical (unpaired) electrons. The van der Waals surface area contributed by atoms with Crippen LogP contribution < -0.4 is 25.9 Å². The standard InChI is InChI=1S/C26H27ClF3N7O3/c1-2-18-23(35-10-7-31-8-11-35)24(40)22-25(32-13-19(34-22)36-9-3-4-21(36)39)37(18)14-20(38)33-17-6-5-15(12-16(17)27)26(28,29)30/h5-6,12-13,31H,2-4,7-11,14H2,1H3,(H,33,38). The Morgan fingerprint density at radius 3 is 2.55 bits per heavy atom. The summed E-state index contributed by atoms with van der Waals surface area (Å²) in [6, 6.07) is 2.68. The third-order valence-corrected chi connectivity index (χ3v) is 7.33. The first-order chi connectivity index (χ1) is 19.1. The zero-order chi connectivity index (χ0) is 28.6. The maximum Gasteiger partial charge on any atom is 0.416 e. The van der Waals surface area contributed by atoms with E-state index in [0.29, 0.717) is 63.4 Å². The molecule has 2 fully saturated rings. The van der Waals surface area contributed by atoms with Crippen molar-refractivity contribution in [1.29, 1.82) is 0 Å². The first-order valence-electron chi connectivity index (χ1n) is 12.9. The van der Waals surface area contributed by atoms with Crippen molar-refractivity contribution in [3.63, 3.8) is 0 Å². The molecular formula is C26H27ClF3N7O3. The van der Waals surface area contributed by atoms with Crippen LogP contribution >= 0.6 is 11.6 Å². The SMILES string of the molecule is CCc1c(N2CCNCC2)c(=O)c2nc(N3CCCC3=O)cnc2n1CC(=O)Nc1ccc(C(F)(F)F)cc1Cl. The minimum absolute atomic E-state index is 0.0197. The highest BCUT2D eigenvalue weighted by molar-refractivity contribution is 6.33. The van der Waals surface area contributed by atoms with Gasteiger partial charge in [-0.15, -0.1) is 0 Å². The average molecular weight is 578 g/mol. The number of hydrogen-bond donors (Lipinski definition) is 2. The van der Waals surface area contributed by atoms with Crippen molar-refractivity contribution in [3.8, 4) is 0 Å². The van der Waals surface area contributed by atoms with E-state index in [1.54, 1.807) is 4.57 Å². The summed E-state index contributed by atoms with van der Waals surface area (Å²) in [6.45, 7) is 4.51. The summed E-state index contributed by atoms with van der Waals surface area (Å²) >= 11 is 6.05. The average Bonchev–Trinajstić information content (AvgIpc) is 3.36. The van der Waals surface area contributed by atoms with Gasteiger partial charge in [0, 0.05) is 44.8 Å². The molecule has 1 aromatic carbocycles. The minimum atomic E-state index is -4.57. The summed E-state index contributed by atoms with van der Waals surface area (Å²) in [5, 5.41) is 5.56. The molecule has 2 aromatic heterocycles. The Morgan fingerprint density at radius 1 is 1.18 bits per heavy atom. The number of alkyl halides is 3. The number of nitrogens with one attached hydrogen (secondary N) is 2. The summed E-state index contributed by atoms with van der Waals surface area (Å²) < 4.78 is 40.7. The predicted octanol–water partition coefficient (Wildman–Crippen LogP) is 3.20. The van der Waals surface area contributed by atoms with Crippen LogP contribution in [0.1, 0.15) is 31.0 Å². The maximum absolute atomic E-state index is 13.9. The molecule has 40 heavy (non-hydrogen) atoms. The number of benzene rings is 1. The van der Waals surface area contributed by atoms with Crippen molar-refractivity contribution in [1.82, 2.24) is 19.9 Å². The number of pyridine rings is 1. The number of halogens is 4. The highest BCUT2D eigenvalue weighted by Gasteiger charge is 2.31. The van der Waals surface area contributed by atoms with E-state index in [0.717, 1.165) is 18.2 Å². The van der Waals surface area contributed by atoms with E-state index >= 15 is 0 Å². The molecule has 14 heteroatoms. The molecule has 2 N–H and O–H groups in total. The molecule has 4 heterocycles. The molecule has 0 bridgehead atoms. The van der Waals surface area contributed by atoms with E-state index in [4.69, 9.17) is 11.6 Å². The van der Waals surface area contributed by atoms with Crippen LogP contribution in [0, 0.1) is 0 Å². The fourth-order valence-corrected chi connectivity index (χ4v) is 5.34. The van der Waals surface area contributed by atoms with Gasteiger partial charge in [0.05, 0.1) is 22.5 Å². The molecule has 2 aliphatic heterocycles. The lowest BCUT2D eigenvalue weighted by atomic mass is 10.1. The fourth-order valence-electron chi connectivity index (χ4n) is 5.11. The summed E-state index contributed by atoms with van der Waals surface area (Å²) in [4.78, 5) is 51.9. The van der Waals surface area contributed by atoms with Gasteiger partial charge >= 0.3 is 6.18 Å². The first kappa shape index (κ1) is 27.8. The van der Waals surface area contributed by atoms with Gasteiger partial charge in [-0.05, 0) is 31.0 Å². The number of carbonyl (C=O) groups excluding carboxylic acids is 2. The Morgan fingerprint density at radius 2 is 1.93 bits per heavy atom. The van der Waals surface area contributed by atoms with Crippen molar-refractivity contribution in [2.24, 2.45) is 0 Å². The van der Waals surface area contributed by atoms with Crippen LogP contribution in [0.2, 0.25) is 5.02 Å². The number of piperazine rings is 1. The van der Waals surface area contributed by atoms with Crippen LogP contribution in [0.3, 0.4) is 0 Å². The number of fused-ring (bicyclic) bond motifs is 1. The van der Waals surface area contributed by atoms with Gasteiger partial charge in [-0.1, -0.05) is 18.5 Å². The fraction of sp³-hybridized carbons (Fsp3) is 0.423. The van der Waals surface area contributed by atoms with Crippen molar-refractivity contribution in [2.75, 3.05) is 47.8 Å². The van der Waals surface area contributed by atoms with E-state index in [9.17, 15) is 27.6 Å². The molecule has 2 saturated heterocycles. The summed E-state index contributed by atoms with van der Waals surface area (Å²) in [7, 11) is 0. The molecule has 2 amide bonds. The molecule has 2 aliphatic rings. The van der Waals surface area contributed by atoms with Gasteiger partial charge in [0.1, 0.15) is 12.2 Å². The van der Waals surface area contributed by atoms with E-state index in [1.165, 1.54) is 11.1 Å². The second-order valence-electron chi connectivity index (χ2n) is 9.59. The van der Waals surface area contributed by atoms with Crippen molar-refractivity contribution in [3.05, 3.63) is 50.9 Å². The molecule has 0 spiro atoms. The van der Waals surface area contributed by atoms with E-state index in [-0.39, 0.29) is 45.6 Å². The van der Waals surface area contributed by atoms with Crippen molar-refractivity contribution in [2.45, 2.75) is 38.9 Å². The topological polar surface area (TPSA) is 112 Å². The summed E-state index contributed by atoms with van der Waals surface area (Å²) in [5.74, 6) is -0.405. The minimum Gasteiger partial charge on any atom is -0.364 e. The highest BCUT2D eigenvalue weighted by Crippen LogP contribution is 2.34. The lowest BCUT2D eigenvalue weighted by Gasteiger charge is -2.32. The normalized spacial score (nSPS) is 16.2. The van der Waals surface area contributed by atoms with Gasteiger partial charge in [0.15, 0.2) is 17.0 Å². The monoisotopic (exact) mass is 577 g/mol. The smallest absolute Gasteiger partial charge is 0.364 e. The van der Waals surface area contributed by atoms with Gasteiger partial charge in [0.2, 0.25) is 17.2 Å². The van der Waals surface area contributed by atoms with E-state index in [1.807, 2.05) is 11.8 Å². The molecule has 0 saturated carbocycles. The van der Waals surface area contributed by atoms with E-state index in [2.05, 4.69) is 20.6 Å². The van der Waals surface area contributed by atoms with Gasteiger partial charge in [-0.25, -0.2) is 9.97 Å². The Balaban J connectivity index is 1.57. The molecule has 212 valence electrons. The van der Waals surface area contributed by atoms with Crippen LogP contribution in [0.15, 0.2) is 29.2 Å². The quantitative estimate of drug-likeness (QED) is 0.463. The molecule has 5 rings (SSSR count). The van der Waals surface area contributed by atoms with Gasteiger partial charge in [-0.3, -0.25) is 19.3 Å². The summed E-state index contributed by atoms with van der Waals surface area (Å²) in [5.41, 5.74) is -0.0570. The van der Waals surface area contributed by atoms with Crippen LogP contribution in [0.25, 0.3) is 11.2 Å². The Hall–Kier alpha value is -3.71. The van der Waals surface area contributed by atoms with E-state index < -0.39 is 17.6 Å². The van der Waals surface area contributed by atoms with Crippen molar-refractivity contribution >= 4 is 51.8 Å².